The van der Waals surface area contributed by atoms with Gasteiger partial charge in [0.15, 0.2) is 0 Å². The molecule has 0 fully saturated rings. The van der Waals surface area contributed by atoms with Crippen LogP contribution < -0.4 is 5.32 Å². The molecule has 2 aromatic carbocycles. The zero-order valence-corrected chi connectivity index (χ0v) is 18.2. The van der Waals surface area contributed by atoms with Crippen molar-refractivity contribution in [1.29, 1.82) is 0 Å². The molecule has 3 nitrogen and oxygen atoms in total. The Morgan fingerprint density at radius 3 is 2.45 bits per heavy atom. The van der Waals surface area contributed by atoms with E-state index in [0.29, 0.717) is 6.42 Å². The topological polar surface area (TPSA) is 44.9 Å². The smallest absolute Gasteiger partial charge is 0.220 e. The van der Waals surface area contributed by atoms with E-state index in [-0.39, 0.29) is 17.2 Å². The quantitative estimate of drug-likeness (QED) is 0.436. The monoisotopic (exact) mass is 390 g/mol. The molecule has 154 valence electrons. The number of carbonyl (C=O) groups excluding carboxylic acids is 1. The average molecular weight is 391 g/mol. The molecule has 0 aliphatic carbocycles. The third-order valence-electron chi connectivity index (χ3n) is 5.67. The van der Waals surface area contributed by atoms with Gasteiger partial charge in [-0.15, -0.1) is 0 Å². The predicted octanol–water partition coefficient (Wildman–Crippen LogP) is 6.29. The van der Waals surface area contributed by atoms with Gasteiger partial charge in [-0.1, -0.05) is 83.0 Å². The molecule has 1 atom stereocenters. The van der Waals surface area contributed by atoms with E-state index in [0.717, 1.165) is 31.3 Å². The van der Waals surface area contributed by atoms with Gasteiger partial charge in [-0.05, 0) is 34.6 Å². The first-order chi connectivity index (χ1) is 13.9. The van der Waals surface area contributed by atoms with Crippen LogP contribution in [-0.2, 0) is 10.2 Å². The fraction of sp³-hybridized carbons (Fsp3) is 0.423. The Bertz CT molecular complexity index is 931. The number of aromatic nitrogens is 1. The van der Waals surface area contributed by atoms with Crippen molar-refractivity contribution in [1.82, 2.24) is 10.3 Å². The maximum Gasteiger partial charge on any atom is 0.220 e. The summed E-state index contributed by atoms with van der Waals surface area (Å²) in [4.78, 5) is 16.1. The lowest BCUT2D eigenvalue weighted by Crippen LogP contribution is -2.26. The Morgan fingerprint density at radius 1 is 1.03 bits per heavy atom. The number of nitrogens with one attached hydrogen (secondary N) is 2. The van der Waals surface area contributed by atoms with E-state index < -0.39 is 0 Å². The van der Waals surface area contributed by atoms with Crippen LogP contribution >= 0.6 is 0 Å². The summed E-state index contributed by atoms with van der Waals surface area (Å²) < 4.78 is 0. The van der Waals surface area contributed by atoms with E-state index in [1.54, 1.807) is 0 Å². The molecule has 1 heterocycles. The van der Waals surface area contributed by atoms with Crippen molar-refractivity contribution in [3.8, 4) is 0 Å². The SMILES string of the molecule is CCCCCNC(=O)C[C@@H](c1ccc(C(C)(C)C)cc1)c1c[nH]c2ccccc12. The Hall–Kier alpha value is -2.55. The molecule has 1 amide bonds. The van der Waals surface area contributed by atoms with Crippen LogP contribution in [0.15, 0.2) is 54.7 Å². The Labute approximate surface area is 174 Å². The second-order valence-corrected chi connectivity index (χ2v) is 8.98. The van der Waals surface area contributed by atoms with Gasteiger partial charge in [0.1, 0.15) is 0 Å². The zero-order chi connectivity index (χ0) is 20.9. The molecule has 0 bridgehead atoms. The van der Waals surface area contributed by atoms with Crippen molar-refractivity contribution in [2.45, 2.75) is 64.7 Å². The van der Waals surface area contributed by atoms with Crippen LogP contribution in [-0.4, -0.2) is 17.4 Å². The van der Waals surface area contributed by atoms with E-state index in [1.807, 2.05) is 6.07 Å². The summed E-state index contributed by atoms with van der Waals surface area (Å²) in [7, 11) is 0. The maximum atomic E-state index is 12.7. The van der Waals surface area contributed by atoms with Crippen molar-refractivity contribution < 1.29 is 4.79 Å². The van der Waals surface area contributed by atoms with E-state index in [1.165, 1.54) is 22.1 Å². The van der Waals surface area contributed by atoms with Gasteiger partial charge in [-0.2, -0.15) is 0 Å². The molecule has 1 aromatic heterocycles. The van der Waals surface area contributed by atoms with Crippen molar-refractivity contribution in [2.24, 2.45) is 0 Å². The maximum absolute atomic E-state index is 12.7. The lowest BCUT2D eigenvalue weighted by Gasteiger charge is -2.22. The lowest BCUT2D eigenvalue weighted by atomic mass is 9.83. The van der Waals surface area contributed by atoms with Crippen LogP contribution in [0.25, 0.3) is 10.9 Å². The van der Waals surface area contributed by atoms with E-state index in [4.69, 9.17) is 0 Å². The standard InChI is InChI=1S/C26H34N2O/c1-5-6-9-16-27-25(29)17-22(19-12-14-20(15-13-19)26(2,3)4)23-18-28-24-11-8-7-10-21(23)24/h7-8,10-15,18,22,28H,5-6,9,16-17H2,1-4H3,(H,27,29)/t22-/m0/s1. The van der Waals surface area contributed by atoms with Crippen LogP contribution in [0.1, 0.15) is 76.0 Å². The number of hydrogen-bond donors (Lipinski definition) is 2. The minimum Gasteiger partial charge on any atom is -0.361 e. The van der Waals surface area contributed by atoms with Crippen molar-refractivity contribution in [3.63, 3.8) is 0 Å². The molecule has 29 heavy (non-hydrogen) atoms. The summed E-state index contributed by atoms with van der Waals surface area (Å²) in [6.07, 6.45) is 5.88. The van der Waals surface area contributed by atoms with Gasteiger partial charge in [0.05, 0.1) is 0 Å². The van der Waals surface area contributed by atoms with Crippen molar-refractivity contribution in [2.75, 3.05) is 6.54 Å². The van der Waals surface area contributed by atoms with Crippen molar-refractivity contribution >= 4 is 16.8 Å². The number of amides is 1. The molecule has 0 aliphatic heterocycles. The molecule has 0 aliphatic rings. The van der Waals surface area contributed by atoms with Gasteiger partial charge < -0.3 is 10.3 Å². The Kier molecular flexibility index (Phi) is 6.79. The summed E-state index contributed by atoms with van der Waals surface area (Å²) in [5.74, 6) is 0.155. The normalized spacial score (nSPS) is 12.8. The number of para-hydroxylation sites is 1. The molecule has 3 aromatic rings. The van der Waals surface area contributed by atoms with E-state index in [2.05, 4.69) is 86.7 Å². The van der Waals surface area contributed by atoms with Gasteiger partial charge in [0.25, 0.3) is 0 Å². The third kappa shape index (κ3) is 5.29. The van der Waals surface area contributed by atoms with Gasteiger partial charge in [-0.3, -0.25) is 4.79 Å². The summed E-state index contributed by atoms with van der Waals surface area (Å²) in [5.41, 5.74) is 4.91. The second-order valence-electron chi connectivity index (χ2n) is 8.98. The van der Waals surface area contributed by atoms with Crippen LogP contribution in [0.4, 0.5) is 0 Å². The lowest BCUT2D eigenvalue weighted by molar-refractivity contribution is -0.121. The van der Waals surface area contributed by atoms with E-state index in [9.17, 15) is 4.79 Å². The highest BCUT2D eigenvalue weighted by atomic mass is 16.1. The van der Waals surface area contributed by atoms with Gasteiger partial charge in [0, 0.05) is 36.0 Å². The molecule has 0 spiro atoms. The molecule has 3 rings (SSSR count). The number of aromatic amines is 1. The molecule has 0 saturated carbocycles. The number of H-pyrrole nitrogens is 1. The van der Waals surface area contributed by atoms with Gasteiger partial charge >= 0.3 is 0 Å². The number of carbonyl (C=O) groups is 1. The van der Waals surface area contributed by atoms with Gasteiger partial charge in [0.2, 0.25) is 5.91 Å². The average Bonchev–Trinajstić information content (AvgIpc) is 3.13. The number of unbranched alkanes of at least 4 members (excludes halogenated alkanes) is 2. The zero-order valence-electron chi connectivity index (χ0n) is 18.2. The molecular weight excluding hydrogens is 356 g/mol. The molecule has 3 heteroatoms. The van der Waals surface area contributed by atoms with Crippen LogP contribution in [0.2, 0.25) is 0 Å². The minimum absolute atomic E-state index is 0.0337. The van der Waals surface area contributed by atoms with Gasteiger partial charge in [-0.25, -0.2) is 0 Å². The first kappa shape index (κ1) is 21.2. The second kappa shape index (κ2) is 9.30. The summed E-state index contributed by atoms with van der Waals surface area (Å²) in [5, 5.41) is 4.31. The van der Waals surface area contributed by atoms with E-state index >= 15 is 0 Å². The molecular formula is C26H34N2O. The highest BCUT2D eigenvalue weighted by molar-refractivity contribution is 5.86. The first-order valence-electron chi connectivity index (χ1n) is 10.8. The van der Waals surface area contributed by atoms with Crippen molar-refractivity contribution in [3.05, 3.63) is 71.4 Å². The fourth-order valence-electron chi connectivity index (χ4n) is 3.87. The molecule has 0 unspecified atom stereocenters. The third-order valence-corrected chi connectivity index (χ3v) is 5.67. The predicted molar refractivity (Wildman–Crippen MR) is 122 cm³/mol. The Balaban J connectivity index is 1.88. The molecule has 0 saturated heterocycles. The minimum atomic E-state index is 0.0337. The molecule has 0 radical (unpaired) electrons. The number of fused-ring (bicyclic) bond motifs is 1. The first-order valence-corrected chi connectivity index (χ1v) is 10.8. The fourth-order valence-corrected chi connectivity index (χ4v) is 3.87. The highest BCUT2D eigenvalue weighted by Gasteiger charge is 2.22. The number of benzene rings is 2. The summed E-state index contributed by atoms with van der Waals surface area (Å²) >= 11 is 0. The molecule has 2 N–H and O–H groups in total. The Morgan fingerprint density at radius 2 is 1.76 bits per heavy atom. The number of rotatable bonds is 8. The highest BCUT2D eigenvalue weighted by Crippen LogP contribution is 2.34. The summed E-state index contributed by atoms with van der Waals surface area (Å²) in [6.45, 7) is 9.61. The largest absolute Gasteiger partial charge is 0.361 e. The number of hydrogen-bond acceptors (Lipinski definition) is 1. The van der Waals surface area contributed by atoms with Crippen LogP contribution in [0, 0.1) is 0 Å². The summed E-state index contributed by atoms with van der Waals surface area (Å²) in [6, 6.07) is 17.1. The van der Waals surface area contributed by atoms with Crippen LogP contribution in [0.5, 0.6) is 0 Å². The van der Waals surface area contributed by atoms with Crippen LogP contribution in [0.3, 0.4) is 0 Å².